The van der Waals surface area contributed by atoms with Crippen molar-refractivity contribution in [3.05, 3.63) is 0 Å². The van der Waals surface area contributed by atoms with Gasteiger partial charge in [0.05, 0.1) is 6.10 Å². The fourth-order valence-corrected chi connectivity index (χ4v) is 3.32. The van der Waals surface area contributed by atoms with E-state index in [1.54, 1.807) is 0 Å². The van der Waals surface area contributed by atoms with Gasteiger partial charge in [0.15, 0.2) is 0 Å². The summed E-state index contributed by atoms with van der Waals surface area (Å²) in [4.78, 5) is 2.62. The van der Waals surface area contributed by atoms with Crippen molar-refractivity contribution in [3.63, 3.8) is 0 Å². The van der Waals surface area contributed by atoms with Crippen LogP contribution in [0.1, 0.15) is 32.1 Å². The van der Waals surface area contributed by atoms with Crippen molar-refractivity contribution in [1.82, 2.24) is 4.90 Å². The summed E-state index contributed by atoms with van der Waals surface area (Å²) in [6, 6.07) is 0. The average molecular weight is 226 g/mol. The van der Waals surface area contributed by atoms with E-state index >= 15 is 0 Å². The lowest BCUT2D eigenvalue weighted by atomic mass is 9.94. The molecule has 0 amide bonds. The number of rotatable bonds is 4. The monoisotopic (exact) mass is 226 g/mol. The van der Waals surface area contributed by atoms with Crippen LogP contribution in [0.5, 0.6) is 0 Å². The van der Waals surface area contributed by atoms with Crippen molar-refractivity contribution in [2.45, 2.75) is 38.2 Å². The van der Waals surface area contributed by atoms with Gasteiger partial charge in [-0.15, -0.1) is 0 Å². The number of nitrogens with two attached hydrogens (primary N) is 1. The van der Waals surface area contributed by atoms with E-state index in [0.29, 0.717) is 6.10 Å². The SMILES string of the molecule is COC1CCN(CC2CCCC2CN)CC1. The lowest BCUT2D eigenvalue weighted by molar-refractivity contribution is 0.0348. The van der Waals surface area contributed by atoms with E-state index in [2.05, 4.69) is 4.90 Å². The third-order valence-electron chi connectivity index (χ3n) is 4.48. The van der Waals surface area contributed by atoms with Crippen LogP contribution in [0.2, 0.25) is 0 Å². The highest BCUT2D eigenvalue weighted by molar-refractivity contribution is 4.82. The smallest absolute Gasteiger partial charge is 0.0595 e. The van der Waals surface area contributed by atoms with Crippen molar-refractivity contribution < 1.29 is 4.74 Å². The largest absolute Gasteiger partial charge is 0.381 e. The first-order valence-electron chi connectivity index (χ1n) is 6.78. The van der Waals surface area contributed by atoms with E-state index in [9.17, 15) is 0 Å². The second-order valence-corrected chi connectivity index (χ2v) is 5.42. The first-order chi connectivity index (χ1) is 7.83. The van der Waals surface area contributed by atoms with E-state index in [1.807, 2.05) is 7.11 Å². The Morgan fingerprint density at radius 3 is 2.44 bits per heavy atom. The van der Waals surface area contributed by atoms with Crippen molar-refractivity contribution in [2.75, 3.05) is 33.3 Å². The summed E-state index contributed by atoms with van der Waals surface area (Å²) in [7, 11) is 1.84. The van der Waals surface area contributed by atoms with Crippen molar-refractivity contribution in [1.29, 1.82) is 0 Å². The molecule has 16 heavy (non-hydrogen) atoms. The Kier molecular flexibility index (Phi) is 4.62. The number of hydrogen-bond acceptors (Lipinski definition) is 3. The number of ether oxygens (including phenoxy) is 1. The molecule has 3 nitrogen and oxygen atoms in total. The minimum atomic E-state index is 0.505. The molecular formula is C13H26N2O. The molecule has 0 aromatic carbocycles. The molecule has 1 saturated carbocycles. The standard InChI is InChI=1S/C13H26N2O/c1-16-13-5-7-15(8-6-13)10-12-4-2-3-11(12)9-14/h11-13H,2-10,14H2,1H3. The summed E-state index contributed by atoms with van der Waals surface area (Å²) < 4.78 is 5.41. The summed E-state index contributed by atoms with van der Waals surface area (Å²) in [6.45, 7) is 4.59. The van der Waals surface area contributed by atoms with E-state index in [-0.39, 0.29) is 0 Å². The van der Waals surface area contributed by atoms with Gasteiger partial charge in [-0.25, -0.2) is 0 Å². The molecule has 94 valence electrons. The minimum absolute atomic E-state index is 0.505. The Labute approximate surface area is 99.3 Å². The maximum Gasteiger partial charge on any atom is 0.0595 e. The molecule has 0 radical (unpaired) electrons. The zero-order valence-electron chi connectivity index (χ0n) is 10.5. The fraction of sp³-hybridized carbons (Fsp3) is 1.00. The first kappa shape index (κ1) is 12.3. The Bertz CT molecular complexity index is 202. The predicted molar refractivity (Wildman–Crippen MR) is 66.4 cm³/mol. The second-order valence-electron chi connectivity index (χ2n) is 5.42. The molecule has 0 spiro atoms. The Morgan fingerprint density at radius 2 is 1.81 bits per heavy atom. The Balaban J connectivity index is 1.73. The van der Waals surface area contributed by atoms with Crippen LogP contribution in [0.3, 0.4) is 0 Å². The molecule has 2 atom stereocenters. The molecule has 0 aromatic rings. The molecule has 3 heteroatoms. The number of piperidine rings is 1. The van der Waals surface area contributed by atoms with Gasteiger partial charge < -0.3 is 15.4 Å². The molecule has 1 heterocycles. The highest BCUT2D eigenvalue weighted by Gasteiger charge is 2.29. The van der Waals surface area contributed by atoms with Crippen LogP contribution in [-0.2, 0) is 4.74 Å². The topological polar surface area (TPSA) is 38.5 Å². The summed E-state index contributed by atoms with van der Waals surface area (Å²) in [5.74, 6) is 1.66. The zero-order chi connectivity index (χ0) is 11.4. The predicted octanol–water partition coefficient (Wildman–Crippen LogP) is 1.47. The van der Waals surface area contributed by atoms with Crippen LogP contribution in [0.25, 0.3) is 0 Å². The van der Waals surface area contributed by atoms with Gasteiger partial charge in [0.1, 0.15) is 0 Å². The molecule has 2 N–H and O–H groups in total. The number of hydrogen-bond donors (Lipinski definition) is 1. The third kappa shape index (κ3) is 2.96. The number of methoxy groups -OCH3 is 1. The van der Waals surface area contributed by atoms with Gasteiger partial charge in [-0.05, 0) is 44.1 Å². The van der Waals surface area contributed by atoms with Crippen LogP contribution >= 0.6 is 0 Å². The van der Waals surface area contributed by atoms with E-state index < -0.39 is 0 Å². The zero-order valence-corrected chi connectivity index (χ0v) is 10.5. The molecule has 1 aliphatic carbocycles. The van der Waals surface area contributed by atoms with Gasteiger partial charge in [0.25, 0.3) is 0 Å². The van der Waals surface area contributed by atoms with Crippen LogP contribution in [0, 0.1) is 11.8 Å². The molecule has 2 rings (SSSR count). The van der Waals surface area contributed by atoms with Gasteiger partial charge >= 0.3 is 0 Å². The summed E-state index contributed by atoms with van der Waals surface area (Å²) in [6.07, 6.45) is 7.06. The molecule has 2 fully saturated rings. The Hall–Kier alpha value is -0.120. The van der Waals surface area contributed by atoms with Crippen LogP contribution in [0.15, 0.2) is 0 Å². The highest BCUT2D eigenvalue weighted by atomic mass is 16.5. The van der Waals surface area contributed by atoms with Gasteiger partial charge in [-0.2, -0.15) is 0 Å². The van der Waals surface area contributed by atoms with E-state index in [4.69, 9.17) is 10.5 Å². The van der Waals surface area contributed by atoms with Crippen molar-refractivity contribution in [2.24, 2.45) is 17.6 Å². The van der Waals surface area contributed by atoms with Crippen molar-refractivity contribution in [3.8, 4) is 0 Å². The average Bonchev–Trinajstić information content (AvgIpc) is 2.77. The maximum absolute atomic E-state index is 5.83. The lowest BCUT2D eigenvalue weighted by Crippen LogP contribution is -2.40. The van der Waals surface area contributed by atoms with Gasteiger partial charge in [-0.1, -0.05) is 6.42 Å². The first-order valence-corrected chi connectivity index (χ1v) is 6.78. The number of likely N-dealkylation sites (tertiary alicyclic amines) is 1. The van der Waals surface area contributed by atoms with Crippen molar-refractivity contribution >= 4 is 0 Å². The van der Waals surface area contributed by atoms with Crippen LogP contribution in [-0.4, -0.2) is 44.3 Å². The maximum atomic E-state index is 5.83. The van der Waals surface area contributed by atoms with Gasteiger partial charge in [0, 0.05) is 26.7 Å². The fourth-order valence-electron chi connectivity index (χ4n) is 3.32. The lowest BCUT2D eigenvalue weighted by Gasteiger charge is -2.34. The summed E-state index contributed by atoms with van der Waals surface area (Å²) in [5, 5.41) is 0. The molecule has 0 aromatic heterocycles. The van der Waals surface area contributed by atoms with Crippen LogP contribution < -0.4 is 5.73 Å². The quantitative estimate of drug-likeness (QED) is 0.789. The number of nitrogens with zero attached hydrogens (tertiary/aromatic N) is 1. The third-order valence-corrected chi connectivity index (χ3v) is 4.48. The second kappa shape index (κ2) is 5.99. The summed E-state index contributed by atoms with van der Waals surface area (Å²) in [5.41, 5.74) is 5.83. The molecule has 1 aliphatic heterocycles. The Morgan fingerprint density at radius 1 is 1.12 bits per heavy atom. The van der Waals surface area contributed by atoms with Crippen LogP contribution in [0.4, 0.5) is 0 Å². The molecule has 0 bridgehead atoms. The van der Waals surface area contributed by atoms with Gasteiger partial charge in [-0.3, -0.25) is 0 Å². The highest BCUT2D eigenvalue weighted by Crippen LogP contribution is 2.32. The molecule has 1 saturated heterocycles. The van der Waals surface area contributed by atoms with E-state index in [0.717, 1.165) is 18.4 Å². The molecule has 2 aliphatic rings. The molecule has 2 unspecified atom stereocenters. The summed E-state index contributed by atoms with van der Waals surface area (Å²) >= 11 is 0. The molecular weight excluding hydrogens is 200 g/mol. The minimum Gasteiger partial charge on any atom is -0.381 e. The van der Waals surface area contributed by atoms with Gasteiger partial charge in [0.2, 0.25) is 0 Å². The normalized spacial score (nSPS) is 33.4. The van der Waals surface area contributed by atoms with E-state index in [1.165, 1.54) is 51.7 Å².